The maximum absolute atomic E-state index is 6.93. The van der Waals surface area contributed by atoms with Gasteiger partial charge >= 0.3 is 124 Å². The van der Waals surface area contributed by atoms with Gasteiger partial charge in [0.15, 0.2) is 0 Å². The van der Waals surface area contributed by atoms with E-state index in [1.165, 1.54) is 0 Å². The molecule has 3 rings (SSSR count). The van der Waals surface area contributed by atoms with Gasteiger partial charge in [-0.3, -0.25) is 0 Å². The fourth-order valence-electron chi connectivity index (χ4n) is 2.44. The third-order valence-corrected chi connectivity index (χ3v) is 9.60. The van der Waals surface area contributed by atoms with Crippen LogP contribution in [0.25, 0.3) is 0 Å². The SMILES string of the molecule is C[N+]1(C)N=C(c2ccccc2)O[SiH-]1(Cl)c1ccccc1. The van der Waals surface area contributed by atoms with Gasteiger partial charge in [-0.2, -0.15) is 0 Å². The van der Waals surface area contributed by atoms with E-state index >= 15 is 0 Å². The quantitative estimate of drug-likeness (QED) is 0.616. The van der Waals surface area contributed by atoms with Gasteiger partial charge in [-0.25, -0.2) is 0 Å². The molecule has 0 amide bonds. The van der Waals surface area contributed by atoms with Crippen LogP contribution in [-0.4, -0.2) is 32.0 Å². The fourth-order valence-corrected chi connectivity index (χ4v) is 5.81. The molecule has 0 aromatic heterocycles. The molecule has 0 bridgehead atoms. The number of hydrogen-bond donors (Lipinski definition) is 0. The molecule has 0 radical (unpaired) electrons. The summed E-state index contributed by atoms with van der Waals surface area (Å²) in [5.41, 5.74) is 0.970. The molecule has 0 spiro atoms. The Balaban J connectivity index is 2.02. The number of nitrogens with zero attached hydrogens (tertiary/aromatic N) is 2. The second kappa shape index (κ2) is 4.73. The Kier molecular flexibility index (Phi) is 3.16. The van der Waals surface area contributed by atoms with Gasteiger partial charge in [0.05, 0.1) is 0 Å². The number of hydrogen-bond acceptors (Lipinski definition) is 2. The van der Waals surface area contributed by atoms with Gasteiger partial charge < -0.3 is 0 Å². The Morgan fingerprint density at radius 2 is 1.50 bits per heavy atom. The van der Waals surface area contributed by atoms with Crippen molar-refractivity contribution in [3.8, 4) is 0 Å². The Hall–Kier alpha value is -1.62. The number of halogens is 1. The zero-order valence-corrected chi connectivity index (χ0v) is 13.4. The molecule has 1 aliphatic heterocycles. The summed E-state index contributed by atoms with van der Waals surface area (Å²) >= 11 is 6.93. The fraction of sp³-hybridized carbons (Fsp3) is 0.133. The molecule has 0 atom stereocenters. The molecule has 0 N–H and O–H groups in total. The first-order valence-electron chi connectivity index (χ1n) is 6.59. The topological polar surface area (TPSA) is 21.6 Å². The molecule has 0 saturated heterocycles. The first kappa shape index (κ1) is 13.4. The molecule has 0 fully saturated rings. The van der Waals surface area contributed by atoms with E-state index in [0.29, 0.717) is 10.2 Å². The van der Waals surface area contributed by atoms with E-state index in [2.05, 4.69) is 0 Å². The monoisotopic (exact) mass is 304 g/mol. The summed E-state index contributed by atoms with van der Waals surface area (Å²) in [5.74, 6) is 0.638. The molecule has 1 aliphatic rings. The summed E-state index contributed by atoms with van der Waals surface area (Å²) in [6.07, 6.45) is 0. The van der Waals surface area contributed by atoms with Crippen LogP contribution in [-0.2, 0) is 4.43 Å². The zero-order chi connectivity index (χ0) is 14.2. The van der Waals surface area contributed by atoms with Gasteiger partial charge in [0.2, 0.25) is 0 Å². The molecule has 2 aromatic carbocycles. The molecule has 1 heterocycles. The normalized spacial score (nSPS) is 20.9. The van der Waals surface area contributed by atoms with Crippen molar-refractivity contribution in [2.24, 2.45) is 5.10 Å². The first-order chi connectivity index (χ1) is 9.53. The molecule has 0 aliphatic carbocycles. The summed E-state index contributed by atoms with van der Waals surface area (Å²) in [5, 5.41) is 5.75. The summed E-state index contributed by atoms with van der Waals surface area (Å²) in [7, 11) is 0.933. The summed E-state index contributed by atoms with van der Waals surface area (Å²) in [6.45, 7) is 0. The Morgan fingerprint density at radius 1 is 0.950 bits per heavy atom. The molecule has 0 unspecified atom stereocenters. The average molecular weight is 305 g/mol. The van der Waals surface area contributed by atoms with Crippen LogP contribution in [0, 0.1) is 0 Å². The van der Waals surface area contributed by atoms with Gasteiger partial charge in [0.25, 0.3) is 0 Å². The molecule has 2 aromatic rings. The minimum absolute atomic E-state index is 0.350. The summed E-state index contributed by atoms with van der Waals surface area (Å²) < 4.78 is 6.54. The van der Waals surface area contributed by atoms with Crippen molar-refractivity contribution in [2.45, 2.75) is 0 Å². The van der Waals surface area contributed by atoms with Crippen LogP contribution in [0.1, 0.15) is 5.56 Å². The minimum atomic E-state index is -3.07. The van der Waals surface area contributed by atoms with Crippen molar-refractivity contribution in [3.63, 3.8) is 0 Å². The summed E-state index contributed by atoms with van der Waals surface area (Å²) in [6, 6.07) is 19.9. The van der Waals surface area contributed by atoms with E-state index in [0.717, 1.165) is 10.8 Å². The number of quaternary nitrogens is 1. The van der Waals surface area contributed by atoms with Crippen molar-refractivity contribution in [2.75, 3.05) is 14.1 Å². The Bertz CT molecular complexity index is 645. The van der Waals surface area contributed by atoms with Crippen LogP contribution in [0.15, 0.2) is 65.8 Å². The van der Waals surface area contributed by atoms with Gasteiger partial charge in [0.1, 0.15) is 0 Å². The second-order valence-electron chi connectivity index (χ2n) is 5.43. The second-order valence-corrected chi connectivity index (χ2v) is 10.7. The first-order valence-corrected chi connectivity index (χ1v) is 9.91. The molecule has 20 heavy (non-hydrogen) atoms. The Labute approximate surface area is 124 Å². The van der Waals surface area contributed by atoms with E-state index in [4.69, 9.17) is 20.6 Å². The summed E-state index contributed by atoms with van der Waals surface area (Å²) in [4.78, 5) is 0. The standard InChI is InChI=1S/C15H17ClN2OSi/c1-18(2)17-15(13-9-5-3-6-10-13)19-20(18,16)14-11-7-4-8-12-14/h3-12,20H,1-2H3. The predicted molar refractivity (Wildman–Crippen MR) is 85.3 cm³/mol. The molecule has 5 heteroatoms. The third-order valence-electron chi connectivity index (χ3n) is 3.66. The molecular weight excluding hydrogens is 288 g/mol. The van der Waals surface area contributed by atoms with Crippen molar-refractivity contribution in [3.05, 3.63) is 66.2 Å². The van der Waals surface area contributed by atoms with Crippen LogP contribution in [0.5, 0.6) is 0 Å². The molecular formula is C15H17ClN2OSi. The maximum atomic E-state index is 6.93. The number of benzene rings is 2. The van der Waals surface area contributed by atoms with Crippen LogP contribution in [0.3, 0.4) is 0 Å². The Morgan fingerprint density at radius 3 is 2.10 bits per heavy atom. The number of rotatable bonds is 2. The predicted octanol–water partition coefficient (Wildman–Crippen LogP) is 2.27. The van der Waals surface area contributed by atoms with Crippen molar-refractivity contribution in [1.82, 2.24) is 0 Å². The molecule has 0 saturated carbocycles. The van der Waals surface area contributed by atoms with E-state index < -0.39 is 7.79 Å². The van der Waals surface area contributed by atoms with Gasteiger partial charge in [0, 0.05) is 0 Å². The molecule has 3 nitrogen and oxygen atoms in total. The third kappa shape index (κ3) is 2.06. The van der Waals surface area contributed by atoms with E-state index in [9.17, 15) is 0 Å². The average Bonchev–Trinajstić information content (AvgIpc) is 2.72. The van der Waals surface area contributed by atoms with Crippen LogP contribution in [0.2, 0.25) is 0 Å². The van der Waals surface area contributed by atoms with Crippen LogP contribution >= 0.6 is 11.1 Å². The van der Waals surface area contributed by atoms with Crippen LogP contribution in [0.4, 0.5) is 0 Å². The van der Waals surface area contributed by atoms with E-state index in [-0.39, 0.29) is 0 Å². The van der Waals surface area contributed by atoms with Crippen molar-refractivity contribution in [1.29, 1.82) is 0 Å². The zero-order valence-electron chi connectivity index (χ0n) is 11.5. The van der Waals surface area contributed by atoms with E-state index in [1.807, 2.05) is 74.8 Å². The van der Waals surface area contributed by atoms with Crippen LogP contribution < -0.4 is 5.19 Å². The molecule has 104 valence electrons. The van der Waals surface area contributed by atoms with Crippen molar-refractivity contribution < 1.29 is 8.68 Å². The van der Waals surface area contributed by atoms with Gasteiger partial charge in [-0.1, -0.05) is 0 Å². The van der Waals surface area contributed by atoms with E-state index in [1.54, 1.807) is 0 Å². The van der Waals surface area contributed by atoms with Gasteiger partial charge in [-0.05, 0) is 0 Å². The van der Waals surface area contributed by atoms with Gasteiger partial charge in [-0.15, -0.1) is 0 Å². The van der Waals surface area contributed by atoms with Crippen molar-refractivity contribution >= 4 is 30.0 Å².